The lowest BCUT2D eigenvalue weighted by Crippen LogP contribution is -2.19. The number of rotatable bonds is 4. The highest BCUT2D eigenvalue weighted by atomic mass is 14.9. The molecule has 3 rings (SSSR count). The van der Waals surface area contributed by atoms with Gasteiger partial charge in [-0.3, -0.25) is 0 Å². The number of hydrogen-bond donors (Lipinski definition) is 2. The van der Waals surface area contributed by atoms with Gasteiger partial charge in [0.05, 0.1) is 0 Å². The van der Waals surface area contributed by atoms with Crippen molar-refractivity contribution in [2.75, 3.05) is 11.9 Å². The molecule has 0 amide bonds. The maximum absolute atomic E-state index is 3.65. The van der Waals surface area contributed by atoms with E-state index in [-0.39, 0.29) is 0 Å². The van der Waals surface area contributed by atoms with E-state index < -0.39 is 0 Å². The second-order valence-corrected chi connectivity index (χ2v) is 5.59. The minimum Gasteiger partial charge on any atom is -0.384 e. The van der Waals surface area contributed by atoms with Crippen LogP contribution in [0.25, 0.3) is 0 Å². The number of aryl methyl sites for hydroxylation is 1. The number of hydrogen-bond acceptors (Lipinski definition) is 2. The van der Waals surface area contributed by atoms with Crippen LogP contribution < -0.4 is 10.6 Å². The van der Waals surface area contributed by atoms with Crippen molar-refractivity contribution in [1.82, 2.24) is 5.32 Å². The van der Waals surface area contributed by atoms with Crippen molar-refractivity contribution in [2.45, 2.75) is 32.9 Å². The molecular formula is C18H22N2. The largest absolute Gasteiger partial charge is 0.384 e. The summed E-state index contributed by atoms with van der Waals surface area (Å²) >= 11 is 0. The van der Waals surface area contributed by atoms with E-state index in [1.807, 2.05) is 0 Å². The number of fused-ring (bicyclic) bond motifs is 1. The third kappa shape index (κ3) is 2.56. The number of benzene rings is 2. The molecule has 2 aromatic rings. The van der Waals surface area contributed by atoms with Gasteiger partial charge in [-0.2, -0.15) is 0 Å². The number of anilines is 1. The van der Waals surface area contributed by atoms with E-state index in [0.29, 0.717) is 6.04 Å². The van der Waals surface area contributed by atoms with Crippen LogP contribution in [0.1, 0.15) is 35.2 Å². The predicted molar refractivity (Wildman–Crippen MR) is 85.1 cm³/mol. The highest BCUT2D eigenvalue weighted by Gasteiger charge is 2.14. The van der Waals surface area contributed by atoms with Gasteiger partial charge in [0, 0.05) is 24.8 Å². The van der Waals surface area contributed by atoms with E-state index in [0.717, 1.165) is 19.5 Å². The Balaban J connectivity index is 1.71. The molecule has 1 aliphatic rings. The quantitative estimate of drug-likeness (QED) is 0.879. The second-order valence-electron chi connectivity index (χ2n) is 5.59. The Kier molecular flexibility index (Phi) is 3.75. The molecule has 0 spiro atoms. The standard InChI is InChI=1S/C18H22N2/c1-13-6-3-4-9-17(13)14(2)20-12-16-8-5-7-15-10-11-19-18(15)16/h3-9,14,19-20H,10-12H2,1-2H3/t14-/m0/s1. The minimum atomic E-state index is 0.369. The molecule has 2 nitrogen and oxygen atoms in total. The van der Waals surface area contributed by atoms with E-state index in [4.69, 9.17) is 0 Å². The normalized spacial score (nSPS) is 14.7. The monoisotopic (exact) mass is 266 g/mol. The smallest absolute Gasteiger partial charge is 0.0419 e. The van der Waals surface area contributed by atoms with Gasteiger partial charge in [-0.25, -0.2) is 0 Å². The van der Waals surface area contributed by atoms with Gasteiger partial charge in [0.25, 0.3) is 0 Å². The molecule has 0 radical (unpaired) electrons. The summed E-state index contributed by atoms with van der Waals surface area (Å²) < 4.78 is 0. The lowest BCUT2D eigenvalue weighted by molar-refractivity contribution is 0.573. The second kappa shape index (κ2) is 5.68. The summed E-state index contributed by atoms with van der Waals surface area (Å²) in [5.74, 6) is 0. The van der Waals surface area contributed by atoms with Gasteiger partial charge < -0.3 is 10.6 Å². The SMILES string of the molecule is Cc1ccccc1[C@H](C)NCc1cccc2c1NCC2. The Morgan fingerprint density at radius 3 is 2.85 bits per heavy atom. The maximum Gasteiger partial charge on any atom is 0.0419 e. The van der Waals surface area contributed by atoms with Crippen LogP contribution in [0.2, 0.25) is 0 Å². The highest BCUT2D eigenvalue weighted by molar-refractivity contribution is 5.61. The van der Waals surface area contributed by atoms with Gasteiger partial charge >= 0.3 is 0 Å². The Hall–Kier alpha value is -1.80. The van der Waals surface area contributed by atoms with Gasteiger partial charge in [0.15, 0.2) is 0 Å². The molecule has 1 heterocycles. The van der Waals surface area contributed by atoms with Crippen LogP contribution >= 0.6 is 0 Å². The summed E-state index contributed by atoms with van der Waals surface area (Å²) in [5, 5.41) is 7.15. The van der Waals surface area contributed by atoms with Crippen LogP contribution in [-0.4, -0.2) is 6.54 Å². The first-order valence-corrected chi connectivity index (χ1v) is 7.39. The van der Waals surface area contributed by atoms with Gasteiger partial charge in [-0.05, 0) is 42.5 Å². The zero-order valence-corrected chi connectivity index (χ0v) is 12.2. The van der Waals surface area contributed by atoms with Gasteiger partial charge in [-0.1, -0.05) is 42.5 Å². The van der Waals surface area contributed by atoms with E-state index in [1.165, 1.54) is 27.9 Å². The summed E-state index contributed by atoms with van der Waals surface area (Å²) in [6.45, 7) is 6.39. The van der Waals surface area contributed by atoms with E-state index in [9.17, 15) is 0 Å². The van der Waals surface area contributed by atoms with Gasteiger partial charge in [-0.15, -0.1) is 0 Å². The molecule has 2 aromatic carbocycles. The maximum atomic E-state index is 3.65. The molecule has 0 aromatic heterocycles. The lowest BCUT2D eigenvalue weighted by atomic mass is 10.0. The van der Waals surface area contributed by atoms with Crippen molar-refractivity contribution >= 4 is 5.69 Å². The molecule has 20 heavy (non-hydrogen) atoms. The van der Waals surface area contributed by atoms with E-state index in [1.54, 1.807) is 0 Å². The Labute approximate surface area is 121 Å². The molecule has 2 N–H and O–H groups in total. The van der Waals surface area contributed by atoms with Crippen LogP contribution in [0.15, 0.2) is 42.5 Å². The Morgan fingerprint density at radius 1 is 1.15 bits per heavy atom. The molecule has 0 fully saturated rings. The van der Waals surface area contributed by atoms with Crippen molar-refractivity contribution in [3.05, 3.63) is 64.7 Å². The molecule has 0 saturated carbocycles. The molecule has 0 aliphatic carbocycles. The molecular weight excluding hydrogens is 244 g/mol. The summed E-state index contributed by atoms with van der Waals surface area (Å²) in [4.78, 5) is 0. The summed E-state index contributed by atoms with van der Waals surface area (Å²) in [7, 11) is 0. The topological polar surface area (TPSA) is 24.1 Å². The molecule has 0 saturated heterocycles. The van der Waals surface area contributed by atoms with Crippen LogP contribution in [0.5, 0.6) is 0 Å². The Bertz CT molecular complexity index is 604. The summed E-state index contributed by atoms with van der Waals surface area (Å²) in [5.41, 5.74) is 6.90. The Morgan fingerprint density at radius 2 is 2.00 bits per heavy atom. The van der Waals surface area contributed by atoms with Crippen molar-refractivity contribution in [3.8, 4) is 0 Å². The fourth-order valence-electron chi connectivity index (χ4n) is 3.00. The first kappa shape index (κ1) is 13.2. The van der Waals surface area contributed by atoms with E-state index >= 15 is 0 Å². The van der Waals surface area contributed by atoms with Crippen LogP contribution in [0.3, 0.4) is 0 Å². The first-order chi connectivity index (χ1) is 9.75. The summed E-state index contributed by atoms with van der Waals surface area (Å²) in [6.07, 6.45) is 1.15. The number of nitrogens with one attached hydrogen (secondary N) is 2. The fourth-order valence-corrected chi connectivity index (χ4v) is 3.00. The van der Waals surface area contributed by atoms with Crippen LogP contribution in [0, 0.1) is 6.92 Å². The average Bonchev–Trinajstić information content (AvgIpc) is 2.94. The lowest BCUT2D eigenvalue weighted by Gasteiger charge is -2.18. The van der Waals surface area contributed by atoms with Crippen LogP contribution in [-0.2, 0) is 13.0 Å². The fraction of sp³-hybridized carbons (Fsp3) is 0.333. The average molecular weight is 266 g/mol. The van der Waals surface area contributed by atoms with Crippen molar-refractivity contribution in [1.29, 1.82) is 0 Å². The predicted octanol–water partition coefficient (Wildman–Crippen LogP) is 3.81. The van der Waals surface area contributed by atoms with E-state index in [2.05, 4.69) is 66.9 Å². The zero-order chi connectivity index (χ0) is 13.9. The molecule has 1 atom stereocenters. The minimum absolute atomic E-state index is 0.369. The molecule has 1 aliphatic heterocycles. The summed E-state index contributed by atoms with van der Waals surface area (Å²) in [6, 6.07) is 15.6. The van der Waals surface area contributed by atoms with Gasteiger partial charge in [0.1, 0.15) is 0 Å². The molecule has 0 unspecified atom stereocenters. The highest BCUT2D eigenvalue weighted by Crippen LogP contribution is 2.27. The molecule has 0 bridgehead atoms. The van der Waals surface area contributed by atoms with Crippen molar-refractivity contribution in [2.24, 2.45) is 0 Å². The van der Waals surface area contributed by atoms with Crippen LogP contribution in [0.4, 0.5) is 5.69 Å². The molecule has 2 heteroatoms. The van der Waals surface area contributed by atoms with Crippen molar-refractivity contribution in [3.63, 3.8) is 0 Å². The van der Waals surface area contributed by atoms with Crippen molar-refractivity contribution < 1.29 is 0 Å². The third-order valence-corrected chi connectivity index (χ3v) is 4.19. The zero-order valence-electron chi connectivity index (χ0n) is 12.2. The number of para-hydroxylation sites is 1. The first-order valence-electron chi connectivity index (χ1n) is 7.39. The third-order valence-electron chi connectivity index (χ3n) is 4.19. The molecule has 104 valence electrons. The van der Waals surface area contributed by atoms with Gasteiger partial charge in [0.2, 0.25) is 0 Å².